The molecule has 0 radical (unpaired) electrons. The molecule has 3 nitrogen and oxygen atoms in total. The van der Waals surface area contributed by atoms with Crippen LogP contribution in [0.4, 0.5) is 0 Å². The summed E-state index contributed by atoms with van der Waals surface area (Å²) in [5, 5.41) is 3.14. The summed E-state index contributed by atoms with van der Waals surface area (Å²) in [5.41, 5.74) is 1.19. The Bertz CT molecular complexity index is 138. The molecule has 0 rings (SSSR count). The molecule has 0 amide bonds. The van der Waals surface area contributed by atoms with Crippen LogP contribution in [0.15, 0.2) is 12.3 Å². The molecule has 3 heteroatoms. The van der Waals surface area contributed by atoms with Gasteiger partial charge in [0, 0.05) is 12.2 Å². The molecule has 0 unspecified atom stereocenters. The molecule has 12 heavy (non-hydrogen) atoms. The third kappa shape index (κ3) is 7.57. The van der Waals surface area contributed by atoms with E-state index in [-0.39, 0.29) is 0 Å². The molecule has 0 spiro atoms. The highest BCUT2D eigenvalue weighted by Gasteiger charge is 2.08. The van der Waals surface area contributed by atoms with Crippen molar-refractivity contribution in [3.8, 4) is 0 Å². The van der Waals surface area contributed by atoms with E-state index in [1.807, 2.05) is 0 Å². The van der Waals surface area contributed by atoms with E-state index in [0.717, 1.165) is 18.7 Å². The van der Waals surface area contributed by atoms with Crippen LogP contribution in [-0.4, -0.2) is 13.2 Å². The van der Waals surface area contributed by atoms with Gasteiger partial charge in [0.1, 0.15) is 6.61 Å². The fraction of sp³-hybridized carbons (Fsp3) is 0.778. The predicted octanol–water partition coefficient (Wildman–Crippen LogP) is 1.42. The number of nitrogens with one attached hydrogen (secondary N) is 1. The van der Waals surface area contributed by atoms with Gasteiger partial charge in [-0.15, -0.1) is 0 Å². The minimum absolute atomic E-state index is 0.358. The van der Waals surface area contributed by atoms with Gasteiger partial charge in [-0.25, -0.2) is 5.90 Å². The Hall–Kier alpha value is -0.540. The van der Waals surface area contributed by atoms with Crippen LogP contribution >= 0.6 is 0 Å². The van der Waals surface area contributed by atoms with Crippen molar-refractivity contribution in [2.24, 2.45) is 11.3 Å². The molecule has 0 aromatic heterocycles. The molecule has 0 atom stereocenters. The molecule has 3 N–H and O–H groups in total. The Morgan fingerprint density at radius 3 is 2.50 bits per heavy atom. The van der Waals surface area contributed by atoms with Gasteiger partial charge in [-0.2, -0.15) is 0 Å². The highest BCUT2D eigenvalue weighted by molar-refractivity contribution is 4.90. The van der Waals surface area contributed by atoms with E-state index in [2.05, 4.69) is 37.5 Å². The average Bonchev–Trinajstić information content (AvgIpc) is 1.84. The lowest BCUT2D eigenvalue weighted by atomic mass is 9.92. The smallest absolute Gasteiger partial charge is 0.107 e. The zero-order valence-electron chi connectivity index (χ0n) is 8.31. The summed E-state index contributed by atoms with van der Waals surface area (Å²) in [4.78, 5) is 4.42. The SMILES string of the molecule is C=C(CON)NCCC(C)(C)C. The summed E-state index contributed by atoms with van der Waals surface area (Å²) in [6.45, 7) is 11.7. The van der Waals surface area contributed by atoms with Crippen LogP contribution in [-0.2, 0) is 4.84 Å². The Labute approximate surface area is 74.9 Å². The summed E-state index contributed by atoms with van der Waals surface area (Å²) in [7, 11) is 0. The summed E-state index contributed by atoms with van der Waals surface area (Å²) >= 11 is 0. The maximum atomic E-state index is 4.89. The molecule has 0 aliphatic heterocycles. The van der Waals surface area contributed by atoms with Crippen molar-refractivity contribution in [2.45, 2.75) is 27.2 Å². The third-order valence-electron chi connectivity index (χ3n) is 1.51. The highest BCUT2D eigenvalue weighted by Crippen LogP contribution is 2.16. The molecule has 0 bridgehead atoms. The topological polar surface area (TPSA) is 47.3 Å². The molecular weight excluding hydrogens is 152 g/mol. The molecule has 0 aliphatic rings. The second-order valence-electron chi connectivity index (χ2n) is 4.15. The zero-order valence-corrected chi connectivity index (χ0v) is 8.31. The summed E-state index contributed by atoms with van der Waals surface area (Å²) in [6, 6.07) is 0. The molecule has 72 valence electrons. The van der Waals surface area contributed by atoms with E-state index in [1.165, 1.54) is 0 Å². The highest BCUT2D eigenvalue weighted by atomic mass is 16.6. The van der Waals surface area contributed by atoms with Gasteiger partial charge in [0.05, 0.1) is 0 Å². The lowest BCUT2D eigenvalue weighted by Gasteiger charge is -2.18. The van der Waals surface area contributed by atoms with Gasteiger partial charge in [-0.1, -0.05) is 27.4 Å². The summed E-state index contributed by atoms with van der Waals surface area (Å²) in [5.74, 6) is 4.89. The maximum Gasteiger partial charge on any atom is 0.107 e. The van der Waals surface area contributed by atoms with E-state index >= 15 is 0 Å². The Balaban J connectivity index is 3.37. The second kappa shape index (κ2) is 5.17. The minimum atomic E-state index is 0.358. The van der Waals surface area contributed by atoms with Gasteiger partial charge < -0.3 is 5.32 Å². The lowest BCUT2D eigenvalue weighted by molar-refractivity contribution is 0.156. The van der Waals surface area contributed by atoms with Gasteiger partial charge >= 0.3 is 0 Å². The van der Waals surface area contributed by atoms with Crippen molar-refractivity contribution < 1.29 is 4.84 Å². The van der Waals surface area contributed by atoms with E-state index in [1.54, 1.807) is 0 Å². The molecule has 0 heterocycles. The molecule has 0 aromatic rings. The zero-order chi connectivity index (χ0) is 9.61. The van der Waals surface area contributed by atoms with Gasteiger partial charge in [0.2, 0.25) is 0 Å². The first kappa shape index (κ1) is 11.5. The van der Waals surface area contributed by atoms with Crippen LogP contribution in [0.2, 0.25) is 0 Å². The second-order valence-corrected chi connectivity index (χ2v) is 4.15. The van der Waals surface area contributed by atoms with Crippen molar-refractivity contribution >= 4 is 0 Å². The number of nitrogens with two attached hydrogens (primary N) is 1. The molecule has 0 aromatic carbocycles. The first-order valence-electron chi connectivity index (χ1n) is 4.19. The first-order valence-corrected chi connectivity index (χ1v) is 4.19. The standard InChI is InChI=1S/C9H20N2O/c1-8(7-12-10)11-6-5-9(2,3)4/h11H,1,5-7,10H2,2-4H3. The summed E-state index contributed by atoms with van der Waals surface area (Å²) in [6.07, 6.45) is 1.11. The quantitative estimate of drug-likeness (QED) is 0.616. The fourth-order valence-corrected chi connectivity index (χ4v) is 0.766. The average molecular weight is 172 g/mol. The number of rotatable bonds is 5. The van der Waals surface area contributed by atoms with Crippen LogP contribution < -0.4 is 11.2 Å². The van der Waals surface area contributed by atoms with Gasteiger partial charge in [0.15, 0.2) is 0 Å². The van der Waals surface area contributed by atoms with Crippen molar-refractivity contribution in [3.63, 3.8) is 0 Å². The molecule has 0 fully saturated rings. The van der Waals surface area contributed by atoms with E-state index in [9.17, 15) is 0 Å². The van der Waals surface area contributed by atoms with Gasteiger partial charge in [-0.3, -0.25) is 4.84 Å². The fourth-order valence-electron chi connectivity index (χ4n) is 0.766. The van der Waals surface area contributed by atoms with Crippen molar-refractivity contribution in [1.29, 1.82) is 0 Å². The largest absolute Gasteiger partial charge is 0.387 e. The monoisotopic (exact) mass is 172 g/mol. The first-order chi connectivity index (χ1) is 5.45. The Morgan fingerprint density at radius 2 is 2.08 bits per heavy atom. The van der Waals surface area contributed by atoms with Crippen LogP contribution in [0, 0.1) is 5.41 Å². The van der Waals surface area contributed by atoms with Gasteiger partial charge in [0.25, 0.3) is 0 Å². The third-order valence-corrected chi connectivity index (χ3v) is 1.51. The van der Waals surface area contributed by atoms with Crippen LogP contribution in [0.5, 0.6) is 0 Å². The van der Waals surface area contributed by atoms with E-state index in [4.69, 9.17) is 5.90 Å². The molecule has 0 saturated carbocycles. The maximum absolute atomic E-state index is 4.89. The molecule has 0 aliphatic carbocycles. The van der Waals surface area contributed by atoms with E-state index < -0.39 is 0 Å². The Morgan fingerprint density at radius 1 is 1.50 bits per heavy atom. The van der Waals surface area contributed by atoms with Crippen molar-refractivity contribution in [3.05, 3.63) is 12.3 Å². The Kier molecular flexibility index (Phi) is 4.93. The summed E-state index contributed by atoms with van der Waals surface area (Å²) < 4.78 is 0. The van der Waals surface area contributed by atoms with Crippen LogP contribution in [0.1, 0.15) is 27.2 Å². The van der Waals surface area contributed by atoms with Gasteiger partial charge in [-0.05, 0) is 11.8 Å². The number of hydrogen-bond donors (Lipinski definition) is 2. The molecule has 0 saturated heterocycles. The van der Waals surface area contributed by atoms with Crippen molar-refractivity contribution in [1.82, 2.24) is 5.32 Å². The van der Waals surface area contributed by atoms with Crippen LogP contribution in [0.25, 0.3) is 0 Å². The van der Waals surface area contributed by atoms with E-state index in [0.29, 0.717) is 12.0 Å². The van der Waals surface area contributed by atoms with Crippen molar-refractivity contribution in [2.75, 3.05) is 13.2 Å². The van der Waals surface area contributed by atoms with Crippen LogP contribution in [0.3, 0.4) is 0 Å². The normalized spacial score (nSPS) is 11.3. The molecular formula is C9H20N2O. The number of hydrogen-bond acceptors (Lipinski definition) is 3. The predicted molar refractivity (Wildman–Crippen MR) is 51.4 cm³/mol. The minimum Gasteiger partial charge on any atom is -0.387 e. The lowest BCUT2D eigenvalue weighted by Crippen LogP contribution is -2.22.